The van der Waals surface area contributed by atoms with Crippen LogP contribution in [0.3, 0.4) is 0 Å². The van der Waals surface area contributed by atoms with Gasteiger partial charge in [-0.2, -0.15) is 4.21 Å². The molecule has 0 spiro atoms. The third-order valence-corrected chi connectivity index (χ3v) is 7.98. The predicted molar refractivity (Wildman–Crippen MR) is 148 cm³/mol. The van der Waals surface area contributed by atoms with Gasteiger partial charge in [-0.3, -0.25) is 8.74 Å². The van der Waals surface area contributed by atoms with Crippen molar-refractivity contribution in [2.24, 2.45) is 17.8 Å². The van der Waals surface area contributed by atoms with Crippen LogP contribution in [0, 0.1) is 17.8 Å². The monoisotopic (exact) mass is 522 g/mol. The van der Waals surface area contributed by atoms with Crippen molar-refractivity contribution in [2.75, 3.05) is 40.4 Å². The zero-order valence-electron chi connectivity index (χ0n) is 23.8. The number of unbranched alkanes of at least 4 members (excludes halogenated alkanes) is 4. The van der Waals surface area contributed by atoms with E-state index in [2.05, 4.69) is 34.9 Å². The first kappa shape index (κ1) is 35.0. The van der Waals surface area contributed by atoms with Crippen molar-refractivity contribution in [2.45, 2.75) is 123 Å². The Kier molecular flexibility index (Phi) is 21.9. The van der Waals surface area contributed by atoms with Gasteiger partial charge in [-0.05, 0) is 49.9 Å². The lowest BCUT2D eigenvalue weighted by Gasteiger charge is -2.30. The fourth-order valence-corrected chi connectivity index (χ4v) is 5.60. The molecule has 5 atom stereocenters. The number of hydrogen-bond donors (Lipinski definition) is 3. The molecule has 3 N–H and O–H groups in total. The van der Waals surface area contributed by atoms with E-state index < -0.39 is 17.5 Å². The molecule has 0 saturated carbocycles. The predicted octanol–water partition coefficient (Wildman–Crippen LogP) is 6.33. The molecular formula is C28H60NO5S+. The second kappa shape index (κ2) is 22.0. The van der Waals surface area contributed by atoms with Gasteiger partial charge in [0.1, 0.15) is 0 Å². The van der Waals surface area contributed by atoms with Crippen LogP contribution in [-0.4, -0.2) is 70.0 Å². The van der Waals surface area contributed by atoms with Gasteiger partial charge in [0.2, 0.25) is 0 Å². The summed E-state index contributed by atoms with van der Waals surface area (Å²) in [6.07, 6.45) is 17.5. The molecule has 0 aliphatic rings. The zero-order valence-corrected chi connectivity index (χ0v) is 24.6. The zero-order chi connectivity index (χ0) is 26.5. The van der Waals surface area contributed by atoms with Gasteiger partial charge in [0.15, 0.2) is 0 Å². The molecule has 0 aliphatic carbocycles. The van der Waals surface area contributed by atoms with Gasteiger partial charge in [0.05, 0.1) is 46.5 Å². The molecule has 35 heavy (non-hydrogen) atoms. The highest BCUT2D eigenvalue weighted by molar-refractivity contribution is 7.74. The Labute approximate surface area is 220 Å². The van der Waals surface area contributed by atoms with E-state index in [4.69, 9.17) is 13.8 Å². The number of rotatable bonds is 25. The Balaban J connectivity index is 4.36. The smallest absolute Gasteiger partial charge is 0.301 e. The van der Waals surface area contributed by atoms with Gasteiger partial charge in [-0.1, -0.05) is 78.6 Å². The van der Waals surface area contributed by atoms with Crippen molar-refractivity contribution in [1.29, 1.82) is 0 Å². The maximum Gasteiger partial charge on any atom is 0.301 e. The third-order valence-electron chi connectivity index (χ3n) is 7.61. The lowest BCUT2D eigenvalue weighted by Crippen LogP contribution is -2.41. The van der Waals surface area contributed by atoms with Gasteiger partial charge in [0, 0.05) is 6.42 Å². The van der Waals surface area contributed by atoms with E-state index in [1.54, 1.807) is 0 Å². The first-order valence-electron chi connectivity index (χ1n) is 14.5. The molecule has 6 nitrogen and oxygen atoms in total. The summed E-state index contributed by atoms with van der Waals surface area (Å²) in [4.78, 5) is 0. The number of quaternary nitrogens is 1. The molecule has 0 saturated heterocycles. The summed E-state index contributed by atoms with van der Waals surface area (Å²) in [5, 5.41) is 18.6. The summed E-state index contributed by atoms with van der Waals surface area (Å²) in [5.41, 5.74) is 0. The molecule has 0 rings (SSSR count). The van der Waals surface area contributed by atoms with Crippen LogP contribution in [0.1, 0.15) is 117 Å². The Morgan fingerprint density at radius 1 is 0.829 bits per heavy atom. The number of hydrogen-bond acceptors (Lipinski definition) is 4. The van der Waals surface area contributed by atoms with Crippen molar-refractivity contribution in [3.05, 3.63) is 0 Å². The minimum atomic E-state index is -2.15. The number of aliphatic hydroxyl groups is 2. The fraction of sp³-hybridized carbons (Fsp3) is 1.00. The topological polar surface area (TPSA) is 87.0 Å². The SMILES string of the molecule is CCCCCC(CC(C)CCCC(O)CO)CC(CC)CCCCC[N+](C)(C)CCCOS(=O)O. The van der Waals surface area contributed by atoms with Crippen LogP contribution in [-0.2, 0) is 15.5 Å². The first-order valence-corrected chi connectivity index (χ1v) is 15.5. The number of nitrogens with zero attached hydrogens (tertiary/aromatic N) is 1. The highest BCUT2D eigenvalue weighted by Gasteiger charge is 2.19. The van der Waals surface area contributed by atoms with Crippen LogP contribution < -0.4 is 0 Å². The summed E-state index contributed by atoms with van der Waals surface area (Å²) in [6, 6.07) is 0. The normalized spacial score (nSPS) is 16.7. The molecule has 0 aliphatic heterocycles. The number of aliphatic hydroxyl groups excluding tert-OH is 2. The highest BCUT2D eigenvalue weighted by Crippen LogP contribution is 2.31. The molecule has 212 valence electrons. The third kappa shape index (κ3) is 21.7. The van der Waals surface area contributed by atoms with E-state index in [9.17, 15) is 9.32 Å². The second-order valence-corrected chi connectivity index (χ2v) is 12.3. The van der Waals surface area contributed by atoms with Crippen LogP contribution in [0.25, 0.3) is 0 Å². The molecule has 0 heterocycles. The Bertz CT molecular complexity index is 506. The van der Waals surface area contributed by atoms with E-state index in [-0.39, 0.29) is 6.61 Å². The molecule has 0 fully saturated rings. The quantitative estimate of drug-likeness (QED) is 0.0741. The van der Waals surface area contributed by atoms with Gasteiger partial charge in [-0.25, -0.2) is 0 Å². The molecule has 7 heteroatoms. The van der Waals surface area contributed by atoms with Crippen LogP contribution >= 0.6 is 0 Å². The lowest BCUT2D eigenvalue weighted by atomic mass is 9.80. The summed E-state index contributed by atoms with van der Waals surface area (Å²) < 4.78 is 24.9. The van der Waals surface area contributed by atoms with Crippen LogP contribution in [0.5, 0.6) is 0 Å². The maximum atomic E-state index is 10.6. The minimum Gasteiger partial charge on any atom is -0.394 e. The van der Waals surface area contributed by atoms with E-state index in [1.807, 2.05) is 0 Å². The summed E-state index contributed by atoms with van der Waals surface area (Å²) in [7, 11) is 4.47. The summed E-state index contributed by atoms with van der Waals surface area (Å²) >= 11 is -2.15. The molecule has 0 aromatic rings. The Morgan fingerprint density at radius 3 is 2.11 bits per heavy atom. The Morgan fingerprint density at radius 2 is 1.49 bits per heavy atom. The highest BCUT2D eigenvalue weighted by atomic mass is 32.2. The average molecular weight is 523 g/mol. The molecule has 0 amide bonds. The minimum absolute atomic E-state index is 0.120. The van der Waals surface area contributed by atoms with E-state index in [0.29, 0.717) is 18.9 Å². The van der Waals surface area contributed by atoms with Crippen LogP contribution in [0.4, 0.5) is 0 Å². The van der Waals surface area contributed by atoms with Crippen molar-refractivity contribution >= 4 is 11.4 Å². The largest absolute Gasteiger partial charge is 0.394 e. The van der Waals surface area contributed by atoms with E-state index in [1.165, 1.54) is 70.6 Å². The fourth-order valence-electron chi connectivity index (χ4n) is 5.34. The maximum absolute atomic E-state index is 10.6. The standard InChI is InChI=1S/C28H59NO5S/c1-6-8-10-17-27(22-25(3)15-13-18-28(31)24-30)23-26(7-2)16-11-9-12-19-29(4,5)20-14-21-34-35(32)33/h25-28,30-31H,6-24H2,1-5H3/p+1. The molecule has 0 bridgehead atoms. The summed E-state index contributed by atoms with van der Waals surface area (Å²) in [6.45, 7) is 9.33. The van der Waals surface area contributed by atoms with Crippen LogP contribution in [0.2, 0.25) is 0 Å². The van der Waals surface area contributed by atoms with Gasteiger partial charge >= 0.3 is 11.4 Å². The van der Waals surface area contributed by atoms with Crippen molar-refractivity contribution in [3.8, 4) is 0 Å². The molecule has 0 aromatic heterocycles. The Hall–Kier alpha value is -0.0500. The van der Waals surface area contributed by atoms with E-state index >= 15 is 0 Å². The van der Waals surface area contributed by atoms with E-state index in [0.717, 1.165) is 48.7 Å². The lowest BCUT2D eigenvalue weighted by molar-refractivity contribution is -0.890. The first-order chi connectivity index (χ1) is 16.6. The molecular weight excluding hydrogens is 462 g/mol. The van der Waals surface area contributed by atoms with Gasteiger partial charge < -0.3 is 14.7 Å². The molecule has 0 radical (unpaired) electrons. The molecule has 0 aromatic carbocycles. The molecule has 5 unspecified atom stereocenters. The second-order valence-electron chi connectivity index (χ2n) is 11.6. The average Bonchev–Trinajstić information content (AvgIpc) is 2.80. The van der Waals surface area contributed by atoms with Crippen molar-refractivity contribution < 1.29 is 27.6 Å². The summed E-state index contributed by atoms with van der Waals surface area (Å²) in [5.74, 6) is 2.33. The van der Waals surface area contributed by atoms with Crippen LogP contribution in [0.15, 0.2) is 0 Å². The van der Waals surface area contributed by atoms with Gasteiger partial charge in [-0.15, -0.1) is 0 Å². The van der Waals surface area contributed by atoms with Gasteiger partial charge in [0.25, 0.3) is 0 Å². The van der Waals surface area contributed by atoms with Crippen molar-refractivity contribution in [1.82, 2.24) is 0 Å². The van der Waals surface area contributed by atoms with Crippen molar-refractivity contribution in [3.63, 3.8) is 0 Å².